The summed E-state index contributed by atoms with van der Waals surface area (Å²) in [5.74, 6) is 0.117. The van der Waals surface area contributed by atoms with Crippen molar-refractivity contribution in [3.63, 3.8) is 0 Å². The molecule has 0 bridgehead atoms. The second-order valence-corrected chi connectivity index (χ2v) is 4.59. The molecule has 0 saturated heterocycles. The van der Waals surface area contributed by atoms with E-state index in [1.54, 1.807) is 6.92 Å². The average molecular weight is 224 g/mol. The van der Waals surface area contributed by atoms with Crippen molar-refractivity contribution < 1.29 is 14.9 Å². The molecule has 0 aromatic rings. The Hall–Kier alpha value is -0.800. The Balaban J connectivity index is 2.13. The van der Waals surface area contributed by atoms with Gasteiger partial charge in [-0.1, -0.05) is 6.92 Å². The molecule has 2 aliphatic rings. The van der Waals surface area contributed by atoms with Crippen molar-refractivity contribution in [1.82, 2.24) is 0 Å². The van der Waals surface area contributed by atoms with Crippen LogP contribution in [0, 0.1) is 0 Å². The van der Waals surface area contributed by atoms with E-state index in [-0.39, 0.29) is 0 Å². The molecule has 3 nitrogen and oxygen atoms in total. The number of hydrogen-bond acceptors (Lipinski definition) is 3. The first-order valence-corrected chi connectivity index (χ1v) is 6.17. The molecule has 0 fully saturated rings. The Labute approximate surface area is 96.4 Å². The minimum absolute atomic E-state index is 0.314. The van der Waals surface area contributed by atoms with Gasteiger partial charge in [0.05, 0.1) is 5.76 Å². The van der Waals surface area contributed by atoms with E-state index < -0.39 is 5.79 Å². The highest BCUT2D eigenvalue weighted by atomic mass is 16.5. The van der Waals surface area contributed by atoms with Gasteiger partial charge in [0.15, 0.2) is 5.79 Å². The first-order chi connectivity index (χ1) is 7.63. The summed E-state index contributed by atoms with van der Waals surface area (Å²) in [5.41, 5.74) is 0.683. The molecule has 16 heavy (non-hydrogen) atoms. The van der Waals surface area contributed by atoms with E-state index in [2.05, 4.69) is 6.08 Å². The van der Waals surface area contributed by atoms with Crippen LogP contribution in [0.5, 0.6) is 0 Å². The van der Waals surface area contributed by atoms with Gasteiger partial charge in [-0.25, -0.2) is 0 Å². The number of ether oxygens (including phenoxy) is 1. The highest BCUT2D eigenvalue weighted by Crippen LogP contribution is 2.37. The van der Waals surface area contributed by atoms with Gasteiger partial charge in [-0.05, 0) is 31.8 Å². The van der Waals surface area contributed by atoms with Gasteiger partial charge in [-0.15, -0.1) is 0 Å². The van der Waals surface area contributed by atoms with Crippen LogP contribution >= 0.6 is 0 Å². The molecule has 0 atom stereocenters. The summed E-state index contributed by atoms with van der Waals surface area (Å²) < 4.78 is 5.79. The standard InChI is InChI=1S/C13H20O3/c1-2-13(14,15)11-8-5-9-12(11)16-10-6-3-4-7-10/h6,14-15H,2-5,7-9H2,1H3. The van der Waals surface area contributed by atoms with Crippen molar-refractivity contribution in [3.8, 4) is 0 Å². The Morgan fingerprint density at radius 2 is 2.06 bits per heavy atom. The first kappa shape index (κ1) is 11.7. The van der Waals surface area contributed by atoms with Crippen LogP contribution in [-0.4, -0.2) is 16.0 Å². The lowest BCUT2D eigenvalue weighted by Gasteiger charge is -2.23. The van der Waals surface area contributed by atoms with Gasteiger partial charge in [0.2, 0.25) is 0 Å². The minimum Gasteiger partial charge on any atom is -0.466 e. The van der Waals surface area contributed by atoms with E-state index in [0.717, 1.165) is 50.0 Å². The molecule has 0 aliphatic heterocycles. The molecular formula is C13H20O3. The highest BCUT2D eigenvalue weighted by Gasteiger charge is 2.33. The van der Waals surface area contributed by atoms with Crippen molar-refractivity contribution in [2.75, 3.05) is 0 Å². The number of allylic oxidation sites excluding steroid dienone is 3. The van der Waals surface area contributed by atoms with Crippen molar-refractivity contribution in [1.29, 1.82) is 0 Å². The van der Waals surface area contributed by atoms with E-state index >= 15 is 0 Å². The van der Waals surface area contributed by atoms with Gasteiger partial charge in [-0.3, -0.25) is 0 Å². The van der Waals surface area contributed by atoms with Crippen LogP contribution in [-0.2, 0) is 4.74 Å². The van der Waals surface area contributed by atoms with Crippen molar-refractivity contribution >= 4 is 0 Å². The number of aliphatic hydroxyl groups is 2. The van der Waals surface area contributed by atoms with Crippen molar-refractivity contribution in [2.45, 2.75) is 57.7 Å². The van der Waals surface area contributed by atoms with Gasteiger partial charge in [0.1, 0.15) is 5.76 Å². The van der Waals surface area contributed by atoms with Crippen LogP contribution in [0.25, 0.3) is 0 Å². The predicted molar refractivity (Wildman–Crippen MR) is 61.4 cm³/mol. The molecule has 0 aromatic carbocycles. The van der Waals surface area contributed by atoms with Crippen LogP contribution in [0.2, 0.25) is 0 Å². The molecule has 2 rings (SSSR count). The Morgan fingerprint density at radius 3 is 2.69 bits per heavy atom. The zero-order chi connectivity index (χ0) is 11.6. The summed E-state index contributed by atoms with van der Waals surface area (Å²) in [4.78, 5) is 0. The predicted octanol–water partition coefficient (Wildman–Crippen LogP) is 2.60. The third kappa shape index (κ3) is 2.30. The van der Waals surface area contributed by atoms with E-state index in [9.17, 15) is 10.2 Å². The van der Waals surface area contributed by atoms with E-state index in [4.69, 9.17) is 4.74 Å². The third-order valence-corrected chi connectivity index (χ3v) is 3.40. The second kappa shape index (κ2) is 4.60. The molecule has 2 N–H and O–H groups in total. The fourth-order valence-electron chi connectivity index (χ4n) is 2.36. The summed E-state index contributed by atoms with van der Waals surface area (Å²) in [7, 11) is 0. The Kier molecular flexibility index (Phi) is 3.36. The molecule has 90 valence electrons. The Morgan fingerprint density at radius 1 is 1.25 bits per heavy atom. The fraction of sp³-hybridized carbons (Fsp3) is 0.692. The lowest BCUT2D eigenvalue weighted by atomic mass is 10.0. The van der Waals surface area contributed by atoms with Crippen molar-refractivity contribution in [3.05, 3.63) is 23.2 Å². The lowest BCUT2D eigenvalue weighted by molar-refractivity contribution is -0.132. The second-order valence-electron chi connectivity index (χ2n) is 4.59. The largest absolute Gasteiger partial charge is 0.466 e. The summed E-state index contributed by atoms with van der Waals surface area (Å²) in [6.07, 6.45) is 8.15. The smallest absolute Gasteiger partial charge is 0.188 e. The van der Waals surface area contributed by atoms with E-state index in [1.807, 2.05) is 0 Å². The Bertz CT molecular complexity index is 326. The topological polar surface area (TPSA) is 49.7 Å². The fourth-order valence-corrected chi connectivity index (χ4v) is 2.36. The van der Waals surface area contributed by atoms with Crippen LogP contribution in [0.15, 0.2) is 23.2 Å². The number of rotatable bonds is 4. The molecule has 0 heterocycles. The SMILES string of the molecule is CCC(O)(O)C1=C(OC2=CCCC2)CCC1. The molecule has 0 radical (unpaired) electrons. The highest BCUT2D eigenvalue weighted by molar-refractivity contribution is 5.23. The van der Waals surface area contributed by atoms with Gasteiger partial charge in [0, 0.05) is 24.8 Å². The van der Waals surface area contributed by atoms with Crippen LogP contribution in [0.1, 0.15) is 51.9 Å². The zero-order valence-corrected chi connectivity index (χ0v) is 9.83. The zero-order valence-electron chi connectivity index (χ0n) is 9.83. The minimum atomic E-state index is -1.68. The molecule has 3 heteroatoms. The molecule has 0 amide bonds. The first-order valence-electron chi connectivity index (χ1n) is 6.17. The summed E-state index contributed by atoms with van der Waals surface area (Å²) in [6.45, 7) is 1.78. The molecule has 0 aromatic heterocycles. The van der Waals surface area contributed by atoms with Gasteiger partial charge in [0.25, 0.3) is 0 Å². The maximum Gasteiger partial charge on any atom is 0.188 e. The molecule has 0 saturated carbocycles. The summed E-state index contributed by atoms with van der Waals surface area (Å²) >= 11 is 0. The van der Waals surface area contributed by atoms with Gasteiger partial charge < -0.3 is 14.9 Å². The summed E-state index contributed by atoms with van der Waals surface area (Å²) in [6, 6.07) is 0. The van der Waals surface area contributed by atoms with E-state index in [0.29, 0.717) is 12.0 Å². The monoisotopic (exact) mass is 224 g/mol. The molecule has 0 unspecified atom stereocenters. The number of hydrogen-bond donors (Lipinski definition) is 2. The normalized spacial score (nSPS) is 21.6. The maximum absolute atomic E-state index is 9.87. The van der Waals surface area contributed by atoms with Crippen molar-refractivity contribution in [2.24, 2.45) is 0 Å². The van der Waals surface area contributed by atoms with Gasteiger partial charge >= 0.3 is 0 Å². The average Bonchev–Trinajstić information content (AvgIpc) is 2.89. The van der Waals surface area contributed by atoms with E-state index in [1.165, 1.54) is 0 Å². The van der Waals surface area contributed by atoms with Gasteiger partial charge in [-0.2, -0.15) is 0 Å². The maximum atomic E-state index is 9.87. The van der Waals surface area contributed by atoms with Crippen LogP contribution in [0.3, 0.4) is 0 Å². The quantitative estimate of drug-likeness (QED) is 0.722. The lowest BCUT2D eigenvalue weighted by Crippen LogP contribution is -2.29. The summed E-state index contributed by atoms with van der Waals surface area (Å²) in [5, 5.41) is 19.7. The third-order valence-electron chi connectivity index (χ3n) is 3.40. The molecule has 2 aliphatic carbocycles. The molecular weight excluding hydrogens is 204 g/mol. The van der Waals surface area contributed by atoms with Crippen LogP contribution < -0.4 is 0 Å². The van der Waals surface area contributed by atoms with Crippen LogP contribution in [0.4, 0.5) is 0 Å². The molecule has 0 spiro atoms.